The van der Waals surface area contributed by atoms with Crippen molar-refractivity contribution in [1.29, 1.82) is 0 Å². The van der Waals surface area contributed by atoms with E-state index in [1.54, 1.807) is 18.3 Å². The van der Waals surface area contributed by atoms with Crippen molar-refractivity contribution in [3.05, 3.63) is 16.3 Å². The fourth-order valence-electron chi connectivity index (χ4n) is 2.30. The van der Waals surface area contributed by atoms with Gasteiger partial charge in [-0.05, 0) is 54.0 Å². The average Bonchev–Trinajstić information content (AvgIpc) is 2.77. The van der Waals surface area contributed by atoms with E-state index >= 15 is 0 Å². The first kappa shape index (κ1) is 20.6. The number of aryl methyl sites for hydroxylation is 3. The molecule has 2 aromatic heterocycles. The average molecular weight is 396 g/mol. The predicted molar refractivity (Wildman–Crippen MR) is 106 cm³/mol. The molecule has 0 spiro atoms. The maximum atomic E-state index is 12.1. The lowest BCUT2D eigenvalue weighted by Gasteiger charge is -2.23. The summed E-state index contributed by atoms with van der Waals surface area (Å²) in [5.41, 5.74) is 0.768. The summed E-state index contributed by atoms with van der Waals surface area (Å²) in [6.07, 6.45) is -0.834. The van der Waals surface area contributed by atoms with E-state index in [2.05, 4.69) is 22.2 Å². The second kappa shape index (κ2) is 7.92. The highest BCUT2D eigenvalue weighted by molar-refractivity contribution is 8.00. The van der Waals surface area contributed by atoms with Gasteiger partial charge in [0, 0.05) is 15.8 Å². The van der Waals surface area contributed by atoms with E-state index in [1.165, 1.54) is 16.6 Å². The summed E-state index contributed by atoms with van der Waals surface area (Å²) in [4.78, 5) is 35.2. The Morgan fingerprint density at radius 2 is 1.88 bits per heavy atom. The Labute approximate surface area is 162 Å². The van der Waals surface area contributed by atoms with E-state index in [0.717, 1.165) is 20.8 Å². The Bertz CT molecular complexity index is 840. The van der Waals surface area contributed by atoms with E-state index in [0.29, 0.717) is 5.82 Å². The van der Waals surface area contributed by atoms with Crippen LogP contribution < -0.4 is 5.32 Å². The number of thioether (sulfide) groups is 1. The maximum Gasteiger partial charge on any atom is 0.317 e. The quantitative estimate of drug-likeness (QED) is 0.474. The molecule has 0 bridgehead atoms. The first-order chi connectivity index (χ1) is 12.0. The molecule has 1 atom stereocenters. The molecular formula is C18H25N3O3S2. The molecule has 0 unspecified atom stereocenters. The Balaban J connectivity index is 2.04. The molecule has 2 heterocycles. The van der Waals surface area contributed by atoms with E-state index < -0.39 is 12.1 Å². The van der Waals surface area contributed by atoms with Gasteiger partial charge in [0.05, 0.1) is 5.75 Å². The molecule has 8 heteroatoms. The monoisotopic (exact) mass is 395 g/mol. The van der Waals surface area contributed by atoms with Crippen molar-refractivity contribution in [1.82, 2.24) is 15.3 Å². The maximum absolute atomic E-state index is 12.1. The molecule has 2 rings (SSSR count). The number of amides is 1. The lowest BCUT2D eigenvalue weighted by Crippen LogP contribution is -2.46. The zero-order valence-corrected chi connectivity index (χ0v) is 17.9. The number of aromatic nitrogens is 2. The minimum Gasteiger partial charge on any atom is -0.452 e. The highest BCUT2D eigenvalue weighted by Crippen LogP contribution is 2.35. The summed E-state index contributed by atoms with van der Waals surface area (Å²) in [6, 6.07) is 0. The van der Waals surface area contributed by atoms with Gasteiger partial charge in [-0.1, -0.05) is 11.8 Å². The Morgan fingerprint density at radius 3 is 2.50 bits per heavy atom. The lowest BCUT2D eigenvalue weighted by atomic mass is 10.1. The summed E-state index contributed by atoms with van der Waals surface area (Å²) in [7, 11) is 0. The van der Waals surface area contributed by atoms with Crippen LogP contribution in [0.4, 0.5) is 0 Å². The standard InChI is InChI=1S/C18H25N3O3S2/c1-9-11(3)26-17-14(9)16(19-12(4)20-17)25-8-13(22)24-10(2)15(23)21-18(5,6)7/h10H,8H2,1-7H3,(H,21,23)/t10-/m1/s1. The van der Waals surface area contributed by atoms with Crippen molar-refractivity contribution in [2.24, 2.45) is 0 Å². The van der Waals surface area contributed by atoms with Crippen LogP contribution in [0.25, 0.3) is 10.2 Å². The highest BCUT2D eigenvalue weighted by atomic mass is 32.2. The van der Waals surface area contributed by atoms with Gasteiger partial charge in [-0.2, -0.15) is 0 Å². The fraction of sp³-hybridized carbons (Fsp3) is 0.556. The number of fused-ring (bicyclic) bond motifs is 1. The van der Waals surface area contributed by atoms with Crippen molar-refractivity contribution >= 4 is 45.2 Å². The van der Waals surface area contributed by atoms with Crippen LogP contribution in [0.2, 0.25) is 0 Å². The third-order valence-electron chi connectivity index (χ3n) is 3.61. The van der Waals surface area contributed by atoms with Gasteiger partial charge >= 0.3 is 5.97 Å². The van der Waals surface area contributed by atoms with Crippen LogP contribution >= 0.6 is 23.1 Å². The van der Waals surface area contributed by atoms with Gasteiger partial charge in [-0.3, -0.25) is 9.59 Å². The smallest absolute Gasteiger partial charge is 0.317 e. The molecule has 0 aliphatic rings. The van der Waals surface area contributed by atoms with Gasteiger partial charge in [-0.25, -0.2) is 9.97 Å². The number of esters is 1. The minimum absolute atomic E-state index is 0.0903. The number of hydrogen-bond acceptors (Lipinski definition) is 7. The Kier molecular flexibility index (Phi) is 6.29. The van der Waals surface area contributed by atoms with Crippen LogP contribution in [0, 0.1) is 20.8 Å². The topological polar surface area (TPSA) is 81.2 Å². The van der Waals surface area contributed by atoms with Crippen molar-refractivity contribution in [2.45, 2.75) is 65.1 Å². The number of hydrogen-bond donors (Lipinski definition) is 1. The lowest BCUT2D eigenvalue weighted by molar-refractivity contribution is -0.152. The molecule has 0 fully saturated rings. The Morgan fingerprint density at radius 1 is 1.23 bits per heavy atom. The highest BCUT2D eigenvalue weighted by Gasteiger charge is 2.23. The normalized spacial score (nSPS) is 12.9. The largest absolute Gasteiger partial charge is 0.452 e. The van der Waals surface area contributed by atoms with Gasteiger partial charge in [-0.15, -0.1) is 11.3 Å². The summed E-state index contributed by atoms with van der Waals surface area (Å²) < 4.78 is 5.24. The van der Waals surface area contributed by atoms with Crippen LogP contribution in [-0.4, -0.2) is 39.2 Å². The zero-order valence-electron chi connectivity index (χ0n) is 16.2. The minimum atomic E-state index is -0.834. The van der Waals surface area contributed by atoms with E-state index in [-0.39, 0.29) is 17.2 Å². The molecule has 0 saturated carbocycles. The van der Waals surface area contributed by atoms with E-state index in [1.807, 2.05) is 34.6 Å². The second-order valence-electron chi connectivity index (χ2n) is 7.20. The number of nitrogens with one attached hydrogen (secondary N) is 1. The number of rotatable bonds is 5. The predicted octanol–water partition coefficient (Wildman–Crippen LogP) is 3.56. The number of ether oxygens (including phenoxy) is 1. The SMILES string of the molecule is Cc1nc(SCC(=O)O[C@H](C)C(=O)NC(C)(C)C)c2c(C)c(C)sc2n1. The first-order valence-electron chi connectivity index (χ1n) is 8.36. The molecule has 26 heavy (non-hydrogen) atoms. The van der Waals surface area contributed by atoms with Crippen LogP contribution in [0.3, 0.4) is 0 Å². The van der Waals surface area contributed by atoms with Crippen molar-refractivity contribution in [2.75, 3.05) is 5.75 Å². The van der Waals surface area contributed by atoms with Gasteiger partial charge in [0.25, 0.3) is 5.91 Å². The number of carbonyl (C=O) groups excluding carboxylic acids is 2. The number of thiophene rings is 1. The molecule has 1 N–H and O–H groups in total. The molecule has 142 valence electrons. The fourth-order valence-corrected chi connectivity index (χ4v) is 4.35. The van der Waals surface area contributed by atoms with Gasteiger partial charge in [0.1, 0.15) is 15.7 Å². The number of nitrogens with zero attached hydrogens (tertiary/aromatic N) is 2. The summed E-state index contributed by atoms with van der Waals surface area (Å²) in [5, 5.41) is 4.57. The molecule has 1 amide bonds. The molecule has 0 saturated heterocycles. The van der Waals surface area contributed by atoms with Gasteiger partial charge in [0.15, 0.2) is 6.10 Å². The van der Waals surface area contributed by atoms with Gasteiger partial charge < -0.3 is 10.1 Å². The van der Waals surface area contributed by atoms with Crippen LogP contribution in [0.15, 0.2) is 5.03 Å². The summed E-state index contributed by atoms with van der Waals surface area (Å²) in [6.45, 7) is 13.1. The third kappa shape index (κ3) is 5.17. The van der Waals surface area contributed by atoms with Crippen LogP contribution in [0.1, 0.15) is 44.0 Å². The molecular weight excluding hydrogens is 370 g/mol. The second-order valence-corrected chi connectivity index (χ2v) is 9.37. The molecule has 0 aromatic carbocycles. The van der Waals surface area contributed by atoms with Gasteiger partial charge in [0.2, 0.25) is 0 Å². The molecule has 0 radical (unpaired) electrons. The first-order valence-corrected chi connectivity index (χ1v) is 10.2. The third-order valence-corrected chi connectivity index (χ3v) is 5.66. The summed E-state index contributed by atoms with van der Waals surface area (Å²) in [5.74, 6) is 0.0149. The van der Waals surface area contributed by atoms with Crippen molar-refractivity contribution < 1.29 is 14.3 Å². The Hall–Kier alpha value is -1.67. The van der Waals surface area contributed by atoms with E-state index in [9.17, 15) is 9.59 Å². The van der Waals surface area contributed by atoms with Crippen molar-refractivity contribution in [3.8, 4) is 0 Å². The zero-order chi connectivity index (χ0) is 19.6. The van der Waals surface area contributed by atoms with Crippen LogP contribution in [-0.2, 0) is 14.3 Å². The number of carbonyl (C=O) groups is 2. The molecule has 2 aromatic rings. The molecule has 0 aliphatic carbocycles. The van der Waals surface area contributed by atoms with E-state index in [4.69, 9.17) is 4.74 Å². The molecule has 0 aliphatic heterocycles. The van der Waals surface area contributed by atoms with Crippen LogP contribution in [0.5, 0.6) is 0 Å². The summed E-state index contributed by atoms with van der Waals surface area (Å²) >= 11 is 2.94. The molecule has 6 nitrogen and oxygen atoms in total. The van der Waals surface area contributed by atoms with Crippen molar-refractivity contribution in [3.63, 3.8) is 0 Å².